The van der Waals surface area contributed by atoms with Gasteiger partial charge in [-0.3, -0.25) is 9.59 Å². The van der Waals surface area contributed by atoms with E-state index in [0.29, 0.717) is 5.75 Å². The topological polar surface area (TPSA) is 126 Å². The molecule has 1 N–H and O–H groups in total. The molecule has 0 bridgehead atoms. The van der Waals surface area contributed by atoms with Crippen molar-refractivity contribution in [3.63, 3.8) is 0 Å². The molecule has 2 rings (SSSR count). The molecule has 0 saturated heterocycles. The molecule has 14 heteroatoms. The highest BCUT2D eigenvalue weighted by molar-refractivity contribution is 6.74. The summed E-state index contributed by atoms with van der Waals surface area (Å²) in [6.45, 7) is 17.7. The highest BCUT2D eigenvalue weighted by Gasteiger charge is 2.38. The van der Waals surface area contributed by atoms with Gasteiger partial charge in [0.25, 0.3) is 0 Å². The van der Waals surface area contributed by atoms with Crippen LogP contribution in [-0.4, -0.2) is 74.5 Å². The number of halogens is 3. The van der Waals surface area contributed by atoms with Crippen LogP contribution in [0.15, 0.2) is 72.8 Å². The highest BCUT2D eigenvalue weighted by atomic mass is 35.6. The van der Waals surface area contributed by atoms with Gasteiger partial charge in [0.1, 0.15) is 24.5 Å². The molecule has 1 amide bonds. The lowest BCUT2D eigenvalue weighted by atomic mass is 9.99. The van der Waals surface area contributed by atoms with Crippen molar-refractivity contribution >= 4 is 73.0 Å². The summed E-state index contributed by atoms with van der Waals surface area (Å²) in [6, 6.07) is 15.5. The van der Waals surface area contributed by atoms with Crippen LogP contribution in [0.1, 0.15) is 72.4 Å². The molecule has 0 aromatic heterocycles. The molecule has 0 spiro atoms. The summed E-state index contributed by atoms with van der Waals surface area (Å²) in [4.78, 5) is 53.4. The van der Waals surface area contributed by atoms with Crippen molar-refractivity contribution in [3.05, 3.63) is 84.0 Å². The average molecular weight is 869 g/mol. The van der Waals surface area contributed by atoms with Gasteiger partial charge < -0.3 is 28.7 Å². The average Bonchev–Trinajstić information content (AvgIpc) is 3.13. The van der Waals surface area contributed by atoms with E-state index in [2.05, 4.69) is 39.2 Å². The molecule has 0 fully saturated rings. The second kappa shape index (κ2) is 23.3. The zero-order chi connectivity index (χ0) is 43.0. The van der Waals surface area contributed by atoms with Crippen molar-refractivity contribution in [1.29, 1.82) is 0 Å². The standard InChI is InChI=1S/C43H60Cl3NO9Si/c1-29(2)25-37(56-39(49)31(4)27-54-57(9,10)42(5,6)7)41(51)55-36(30(3)19-20-32-15-12-11-13-16-32)17-14-18-38(48)47-35(40(50)53-28-43(44,45)46)26-33-21-23-34(52-8)24-22-33/h11-16,18-24,29-31,35-37H,17,25-28H2,1-10H3,(H,47,48)/b18-14+,20-19+/t30-,31-,35-,36+,37+/m1/s1. The molecule has 0 unspecified atom stereocenters. The molecule has 2 aromatic rings. The number of hydrogen-bond acceptors (Lipinski definition) is 9. The molecule has 0 heterocycles. The summed E-state index contributed by atoms with van der Waals surface area (Å²) in [5.41, 5.74) is 1.67. The minimum absolute atomic E-state index is 0.0128. The first-order chi connectivity index (χ1) is 26.5. The Bertz CT molecular complexity index is 1640. The van der Waals surface area contributed by atoms with Crippen molar-refractivity contribution in [2.24, 2.45) is 17.8 Å². The van der Waals surface area contributed by atoms with Crippen molar-refractivity contribution < 1.29 is 42.6 Å². The number of amides is 1. The quantitative estimate of drug-likeness (QED) is 0.0429. The SMILES string of the molecule is COc1ccc(C[C@@H](NC(=O)/C=C/C[C@H](OC(=O)[C@H](CC(C)C)OC(=O)[C@H](C)CO[Si](C)(C)C(C)(C)C)[C@H](C)/C=C/c2ccccc2)C(=O)OCC(Cl)(Cl)Cl)cc1. The zero-order valence-corrected chi connectivity index (χ0v) is 38.1. The molecule has 0 aliphatic heterocycles. The first kappa shape index (κ1) is 49.8. The normalized spacial score (nSPS) is 15.1. The van der Waals surface area contributed by atoms with E-state index in [4.69, 9.17) is 58.2 Å². The van der Waals surface area contributed by atoms with Gasteiger partial charge >= 0.3 is 17.9 Å². The summed E-state index contributed by atoms with van der Waals surface area (Å²) in [5.74, 6) is -2.91. The number of rotatable bonds is 21. The largest absolute Gasteiger partial charge is 0.497 e. The van der Waals surface area contributed by atoms with E-state index in [1.165, 1.54) is 13.2 Å². The summed E-state index contributed by atoms with van der Waals surface area (Å²) < 4.78 is 26.7. The van der Waals surface area contributed by atoms with E-state index in [1.54, 1.807) is 37.3 Å². The molecule has 10 nitrogen and oxygen atoms in total. The smallest absolute Gasteiger partial charge is 0.347 e. The minimum atomic E-state index is -2.12. The van der Waals surface area contributed by atoms with Crippen molar-refractivity contribution in [2.45, 2.75) is 108 Å². The molecule has 316 valence electrons. The summed E-state index contributed by atoms with van der Waals surface area (Å²) in [5, 5.41) is 2.64. The molecule has 0 saturated carbocycles. The third-order valence-electron chi connectivity index (χ3n) is 9.57. The van der Waals surface area contributed by atoms with Crippen LogP contribution in [0.25, 0.3) is 6.08 Å². The van der Waals surface area contributed by atoms with Crippen LogP contribution < -0.4 is 10.1 Å². The molecule has 2 aromatic carbocycles. The number of benzene rings is 2. The fraction of sp³-hybridized carbons (Fsp3) is 0.535. The fourth-order valence-electron chi connectivity index (χ4n) is 5.01. The molecular formula is C43H60Cl3NO9Si. The third-order valence-corrected chi connectivity index (χ3v) is 14.4. The lowest BCUT2D eigenvalue weighted by Gasteiger charge is -2.36. The Morgan fingerprint density at radius 3 is 2.05 bits per heavy atom. The van der Waals surface area contributed by atoms with Crippen LogP contribution in [-0.2, 0) is 44.2 Å². The van der Waals surface area contributed by atoms with Gasteiger partial charge in [0, 0.05) is 25.4 Å². The summed E-state index contributed by atoms with van der Waals surface area (Å²) >= 11 is 17.4. The van der Waals surface area contributed by atoms with Crippen LogP contribution in [0, 0.1) is 17.8 Å². The van der Waals surface area contributed by atoms with E-state index in [1.807, 2.05) is 63.3 Å². The van der Waals surface area contributed by atoms with Gasteiger partial charge in [-0.1, -0.05) is 137 Å². The number of carbonyl (C=O) groups excluding carboxylic acids is 4. The zero-order valence-electron chi connectivity index (χ0n) is 34.8. The lowest BCUT2D eigenvalue weighted by molar-refractivity contribution is -0.176. The maximum atomic E-state index is 13.8. The Labute approximate surface area is 355 Å². The maximum absolute atomic E-state index is 13.8. The highest BCUT2D eigenvalue weighted by Crippen LogP contribution is 2.37. The Hall–Kier alpha value is -3.35. The fourth-order valence-corrected chi connectivity index (χ4v) is 6.28. The Balaban J connectivity index is 2.28. The van der Waals surface area contributed by atoms with Gasteiger partial charge in [-0.15, -0.1) is 0 Å². The number of ether oxygens (including phenoxy) is 4. The Morgan fingerprint density at radius 1 is 0.860 bits per heavy atom. The Kier molecular flexibility index (Phi) is 20.3. The molecule has 5 atom stereocenters. The van der Waals surface area contributed by atoms with Gasteiger partial charge in [-0.25, -0.2) is 9.59 Å². The van der Waals surface area contributed by atoms with Crippen LogP contribution >= 0.6 is 34.8 Å². The number of carbonyl (C=O) groups is 4. The number of alkyl halides is 3. The molecule has 0 aliphatic rings. The molecular weight excluding hydrogens is 809 g/mol. The monoisotopic (exact) mass is 867 g/mol. The van der Waals surface area contributed by atoms with Gasteiger partial charge in [0.05, 0.1) is 13.0 Å². The van der Waals surface area contributed by atoms with Gasteiger partial charge in [0.2, 0.25) is 9.70 Å². The predicted octanol–water partition coefficient (Wildman–Crippen LogP) is 9.46. The summed E-state index contributed by atoms with van der Waals surface area (Å²) in [7, 11) is -0.579. The second-order valence-electron chi connectivity index (χ2n) is 16.1. The van der Waals surface area contributed by atoms with Gasteiger partial charge in [0.15, 0.2) is 14.4 Å². The number of nitrogens with one attached hydrogen (secondary N) is 1. The maximum Gasteiger partial charge on any atom is 0.347 e. The van der Waals surface area contributed by atoms with Crippen molar-refractivity contribution in [3.8, 4) is 5.75 Å². The van der Waals surface area contributed by atoms with E-state index in [9.17, 15) is 19.2 Å². The number of methoxy groups -OCH3 is 1. The Morgan fingerprint density at radius 2 is 1.49 bits per heavy atom. The van der Waals surface area contributed by atoms with E-state index < -0.39 is 66.7 Å². The van der Waals surface area contributed by atoms with E-state index >= 15 is 0 Å². The van der Waals surface area contributed by atoms with Crippen molar-refractivity contribution in [2.75, 3.05) is 20.3 Å². The van der Waals surface area contributed by atoms with Crippen molar-refractivity contribution in [1.82, 2.24) is 5.32 Å². The van der Waals surface area contributed by atoms with Crippen LogP contribution in [0.5, 0.6) is 5.75 Å². The third kappa shape index (κ3) is 18.8. The molecule has 57 heavy (non-hydrogen) atoms. The lowest BCUT2D eigenvalue weighted by Crippen LogP contribution is -2.43. The first-order valence-corrected chi connectivity index (χ1v) is 23.2. The van der Waals surface area contributed by atoms with Crippen LogP contribution in [0.2, 0.25) is 18.1 Å². The summed E-state index contributed by atoms with van der Waals surface area (Å²) in [6.07, 6.45) is 5.21. The van der Waals surface area contributed by atoms with Gasteiger partial charge in [-0.2, -0.15) is 0 Å². The predicted molar refractivity (Wildman–Crippen MR) is 230 cm³/mol. The first-order valence-electron chi connectivity index (χ1n) is 19.1. The molecule has 0 aliphatic carbocycles. The van der Waals surface area contributed by atoms with E-state index in [0.717, 1.165) is 11.1 Å². The van der Waals surface area contributed by atoms with Crippen LogP contribution in [0.4, 0.5) is 0 Å². The number of esters is 3. The van der Waals surface area contributed by atoms with Crippen LogP contribution in [0.3, 0.4) is 0 Å². The van der Waals surface area contributed by atoms with E-state index in [-0.39, 0.29) is 42.7 Å². The minimum Gasteiger partial charge on any atom is -0.497 e. The van der Waals surface area contributed by atoms with Gasteiger partial charge in [-0.05, 0) is 66.7 Å². The number of hydrogen-bond donors (Lipinski definition) is 1. The molecule has 0 radical (unpaired) electrons. The second-order valence-corrected chi connectivity index (χ2v) is 23.4.